The molecule has 2 N–H and O–H groups in total. The molecule has 176 valence electrons. The molecule has 0 saturated carbocycles. The number of aromatic amines is 1. The SMILES string of the molecule is O=C(NCc1noc(-c2c[nH]c3ncccc23)n1)c1cccn(Cc2cc(F)c(F)c(F)c2)c1=O. The Morgan fingerprint density at radius 2 is 1.94 bits per heavy atom. The summed E-state index contributed by atoms with van der Waals surface area (Å²) in [5.74, 6) is -4.63. The highest BCUT2D eigenvalue weighted by atomic mass is 19.2. The molecule has 0 atom stereocenters. The number of halogens is 3. The molecule has 5 aromatic rings. The van der Waals surface area contributed by atoms with Crippen LogP contribution in [0, 0.1) is 17.5 Å². The Morgan fingerprint density at radius 1 is 1.14 bits per heavy atom. The van der Waals surface area contributed by atoms with Crippen molar-refractivity contribution < 1.29 is 22.5 Å². The van der Waals surface area contributed by atoms with Crippen LogP contribution in [0.1, 0.15) is 21.7 Å². The lowest BCUT2D eigenvalue weighted by Crippen LogP contribution is -2.32. The second-order valence-corrected chi connectivity index (χ2v) is 7.53. The van der Waals surface area contributed by atoms with Crippen molar-refractivity contribution in [3.05, 3.63) is 99.7 Å². The standard InChI is InChI=1S/C23H15F3N6O3/c24-16-7-12(8-17(25)19(16)26)11-32-6-2-4-14(23(32)34)21(33)29-10-18-30-22(35-31-18)15-9-28-20-13(15)3-1-5-27-20/h1-9H,10-11H2,(H,27,28)(H,29,33). The van der Waals surface area contributed by atoms with Crippen molar-refractivity contribution >= 4 is 16.9 Å². The first kappa shape index (κ1) is 22.1. The van der Waals surface area contributed by atoms with Crippen LogP contribution in [0.5, 0.6) is 0 Å². The van der Waals surface area contributed by atoms with E-state index in [0.717, 1.165) is 22.1 Å². The van der Waals surface area contributed by atoms with Gasteiger partial charge in [-0.1, -0.05) is 5.16 Å². The van der Waals surface area contributed by atoms with Crippen LogP contribution in [0.15, 0.2) is 64.3 Å². The summed E-state index contributed by atoms with van der Waals surface area (Å²) in [4.78, 5) is 36.8. The van der Waals surface area contributed by atoms with Crippen molar-refractivity contribution in [1.29, 1.82) is 0 Å². The zero-order valence-electron chi connectivity index (χ0n) is 17.8. The fraction of sp³-hybridized carbons (Fsp3) is 0.0870. The van der Waals surface area contributed by atoms with E-state index >= 15 is 0 Å². The molecule has 4 aromatic heterocycles. The van der Waals surface area contributed by atoms with Crippen molar-refractivity contribution in [2.24, 2.45) is 0 Å². The van der Waals surface area contributed by atoms with Gasteiger partial charge in [-0.3, -0.25) is 9.59 Å². The van der Waals surface area contributed by atoms with Crippen LogP contribution >= 0.6 is 0 Å². The maximum Gasteiger partial charge on any atom is 0.263 e. The van der Waals surface area contributed by atoms with Gasteiger partial charge in [0.05, 0.1) is 18.7 Å². The molecular weight excluding hydrogens is 465 g/mol. The molecule has 0 saturated heterocycles. The number of carbonyl (C=O) groups excluding carboxylic acids is 1. The minimum Gasteiger partial charge on any atom is -0.345 e. The Balaban J connectivity index is 1.30. The number of fused-ring (bicyclic) bond motifs is 1. The number of carbonyl (C=O) groups is 1. The number of H-pyrrole nitrogens is 1. The minimum absolute atomic E-state index is 0.0212. The van der Waals surface area contributed by atoms with Crippen LogP contribution in [0.25, 0.3) is 22.5 Å². The largest absolute Gasteiger partial charge is 0.345 e. The molecule has 0 radical (unpaired) electrons. The van der Waals surface area contributed by atoms with E-state index in [1.807, 2.05) is 6.07 Å². The smallest absolute Gasteiger partial charge is 0.263 e. The van der Waals surface area contributed by atoms with Gasteiger partial charge < -0.3 is 19.4 Å². The van der Waals surface area contributed by atoms with Gasteiger partial charge in [-0.05, 0) is 42.0 Å². The number of hydrogen-bond donors (Lipinski definition) is 2. The van der Waals surface area contributed by atoms with Crippen molar-refractivity contribution in [2.75, 3.05) is 0 Å². The predicted octanol–water partition coefficient (Wildman–Crippen LogP) is 3.17. The molecule has 0 aliphatic heterocycles. The Bertz CT molecular complexity index is 1600. The third kappa shape index (κ3) is 4.28. The fourth-order valence-electron chi connectivity index (χ4n) is 3.55. The van der Waals surface area contributed by atoms with E-state index in [0.29, 0.717) is 11.2 Å². The molecule has 1 aromatic carbocycles. The molecule has 35 heavy (non-hydrogen) atoms. The van der Waals surface area contributed by atoms with Gasteiger partial charge >= 0.3 is 0 Å². The van der Waals surface area contributed by atoms with E-state index in [9.17, 15) is 22.8 Å². The van der Waals surface area contributed by atoms with E-state index in [1.165, 1.54) is 18.3 Å². The van der Waals surface area contributed by atoms with E-state index < -0.39 is 28.9 Å². The maximum atomic E-state index is 13.5. The summed E-state index contributed by atoms with van der Waals surface area (Å²) in [6.45, 7) is -0.382. The zero-order valence-corrected chi connectivity index (χ0v) is 17.8. The fourth-order valence-corrected chi connectivity index (χ4v) is 3.55. The summed E-state index contributed by atoms with van der Waals surface area (Å²) < 4.78 is 46.5. The van der Waals surface area contributed by atoms with Gasteiger partial charge in [0, 0.05) is 24.0 Å². The highest BCUT2D eigenvalue weighted by Gasteiger charge is 2.17. The normalized spacial score (nSPS) is 11.2. The maximum absolute atomic E-state index is 13.5. The van der Waals surface area contributed by atoms with E-state index in [2.05, 4.69) is 25.4 Å². The first-order chi connectivity index (χ1) is 16.9. The minimum atomic E-state index is -1.60. The summed E-state index contributed by atoms with van der Waals surface area (Å²) >= 11 is 0. The second-order valence-electron chi connectivity index (χ2n) is 7.53. The molecule has 0 spiro atoms. The van der Waals surface area contributed by atoms with E-state index in [4.69, 9.17) is 4.52 Å². The van der Waals surface area contributed by atoms with Gasteiger partial charge in [-0.15, -0.1) is 0 Å². The molecule has 9 nitrogen and oxygen atoms in total. The van der Waals surface area contributed by atoms with Crippen LogP contribution in [0.2, 0.25) is 0 Å². The number of rotatable bonds is 6. The first-order valence-corrected chi connectivity index (χ1v) is 10.3. The Hall–Kier alpha value is -4.74. The highest BCUT2D eigenvalue weighted by Crippen LogP contribution is 2.25. The third-order valence-corrected chi connectivity index (χ3v) is 5.22. The molecule has 4 heterocycles. The lowest BCUT2D eigenvalue weighted by Gasteiger charge is -2.09. The number of nitrogens with one attached hydrogen (secondary N) is 2. The zero-order chi connectivity index (χ0) is 24.5. The van der Waals surface area contributed by atoms with Crippen LogP contribution in [-0.2, 0) is 13.1 Å². The van der Waals surface area contributed by atoms with Gasteiger partial charge in [-0.2, -0.15) is 4.98 Å². The number of hydrogen-bond acceptors (Lipinski definition) is 6. The van der Waals surface area contributed by atoms with Crippen LogP contribution in [0.3, 0.4) is 0 Å². The molecule has 0 aliphatic carbocycles. The van der Waals surface area contributed by atoms with Crippen LogP contribution < -0.4 is 10.9 Å². The Labute approximate surface area is 194 Å². The summed E-state index contributed by atoms with van der Waals surface area (Å²) in [5, 5.41) is 7.17. The van der Waals surface area contributed by atoms with E-state index in [-0.39, 0.29) is 35.9 Å². The molecule has 5 rings (SSSR count). The number of nitrogens with zero attached hydrogens (tertiary/aromatic N) is 4. The summed E-state index contributed by atoms with van der Waals surface area (Å²) in [6.07, 6.45) is 4.67. The highest BCUT2D eigenvalue weighted by molar-refractivity contribution is 5.93. The summed E-state index contributed by atoms with van der Waals surface area (Å²) in [7, 11) is 0. The van der Waals surface area contributed by atoms with Gasteiger partial charge in [-0.25, -0.2) is 18.2 Å². The first-order valence-electron chi connectivity index (χ1n) is 10.3. The lowest BCUT2D eigenvalue weighted by molar-refractivity contribution is 0.0947. The quantitative estimate of drug-likeness (QED) is 0.361. The molecule has 0 unspecified atom stereocenters. The number of aromatic nitrogens is 5. The lowest BCUT2D eigenvalue weighted by atomic mass is 10.2. The number of benzene rings is 1. The molecule has 1 amide bonds. The van der Waals surface area contributed by atoms with Crippen molar-refractivity contribution in [3.63, 3.8) is 0 Å². The monoisotopic (exact) mass is 480 g/mol. The van der Waals surface area contributed by atoms with E-state index in [1.54, 1.807) is 18.5 Å². The van der Waals surface area contributed by atoms with Crippen molar-refractivity contribution in [3.8, 4) is 11.5 Å². The Morgan fingerprint density at radius 3 is 2.74 bits per heavy atom. The molecular formula is C23H15F3N6O3. The van der Waals surface area contributed by atoms with Crippen LogP contribution in [0.4, 0.5) is 13.2 Å². The molecule has 0 fully saturated rings. The van der Waals surface area contributed by atoms with Gasteiger partial charge in [0.25, 0.3) is 17.4 Å². The van der Waals surface area contributed by atoms with Gasteiger partial charge in [0.2, 0.25) is 0 Å². The van der Waals surface area contributed by atoms with Crippen molar-refractivity contribution in [2.45, 2.75) is 13.1 Å². The molecule has 0 aliphatic rings. The second kappa shape index (κ2) is 8.89. The topological polar surface area (TPSA) is 119 Å². The average molecular weight is 480 g/mol. The van der Waals surface area contributed by atoms with Gasteiger partial charge in [0.15, 0.2) is 23.3 Å². The average Bonchev–Trinajstić information content (AvgIpc) is 3.49. The number of amides is 1. The Kier molecular flexibility index (Phi) is 5.61. The molecule has 12 heteroatoms. The summed E-state index contributed by atoms with van der Waals surface area (Å²) in [6, 6.07) is 7.93. The third-order valence-electron chi connectivity index (χ3n) is 5.22. The van der Waals surface area contributed by atoms with Gasteiger partial charge in [0.1, 0.15) is 11.2 Å². The van der Waals surface area contributed by atoms with Crippen molar-refractivity contribution in [1.82, 2.24) is 30.0 Å². The number of pyridine rings is 2. The van der Waals surface area contributed by atoms with Crippen LogP contribution in [-0.4, -0.2) is 30.6 Å². The molecule has 0 bridgehead atoms. The predicted molar refractivity (Wildman–Crippen MR) is 117 cm³/mol. The summed E-state index contributed by atoms with van der Waals surface area (Å²) in [5.41, 5.74) is 0.421.